The fourth-order valence-electron chi connectivity index (χ4n) is 2.62. The van der Waals surface area contributed by atoms with Crippen molar-refractivity contribution in [2.75, 3.05) is 19.5 Å². The quantitative estimate of drug-likeness (QED) is 0.665. The molecule has 9 heteroatoms. The van der Waals surface area contributed by atoms with Crippen LogP contribution in [-0.4, -0.2) is 29.9 Å². The van der Waals surface area contributed by atoms with Gasteiger partial charge < -0.3 is 14.8 Å². The van der Waals surface area contributed by atoms with Gasteiger partial charge in [-0.1, -0.05) is 11.6 Å². The molecule has 0 saturated carbocycles. The van der Waals surface area contributed by atoms with Gasteiger partial charge in [0.2, 0.25) is 5.91 Å². The van der Waals surface area contributed by atoms with Crippen LogP contribution in [0.4, 0.5) is 10.1 Å². The molecule has 3 rings (SSSR count). The van der Waals surface area contributed by atoms with Crippen molar-refractivity contribution < 1.29 is 18.7 Å². The first-order valence-electron chi connectivity index (χ1n) is 8.46. The highest BCUT2D eigenvalue weighted by Gasteiger charge is 2.12. The molecule has 1 aromatic heterocycles. The monoisotopic (exact) mass is 417 g/mol. The zero-order valence-corrected chi connectivity index (χ0v) is 16.4. The lowest BCUT2D eigenvalue weighted by Crippen LogP contribution is -2.29. The third-order valence-electron chi connectivity index (χ3n) is 4.05. The molecule has 0 spiro atoms. The highest BCUT2D eigenvalue weighted by molar-refractivity contribution is 6.32. The zero-order chi connectivity index (χ0) is 21.0. The van der Waals surface area contributed by atoms with Crippen molar-refractivity contribution in [3.63, 3.8) is 0 Å². The smallest absolute Gasteiger partial charge is 0.267 e. The molecule has 0 atom stereocenters. The van der Waals surface area contributed by atoms with Crippen LogP contribution in [-0.2, 0) is 11.3 Å². The number of hydrogen-bond donors (Lipinski definition) is 1. The van der Waals surface area contributed by atoms with E-state index in [0.717, 1.165) is 4.68 Å². The first-order chi connectivity index (χ1) is 13.9. The van der Waals surface area contributed by atoms with Gasteiger partial charge >= 0.3 is 0 Å². The maximum atomic E-state index is 14.3. The van der Waals surface area contributed by atoms with Crippen molar-refractivity contribution in [2.45, 2.75) is 6.54 Å². The number of hydrogen-bond acceptors (Lipinski definition) is 5. The highest BCUT2D eigenvalue weighted by atomic mass is 35.5. The van der Waals surface area contributed by atoms with Crippen molar-refractivity contribution in [3.05, 3.63) is 69.7 Å². The fourth-order valence-corrected chi connectivity index (χ4v) is 2.87. The molecule has 0 aliphatic heterocycles. The lowest BCUT2D eigenvalue weighted by Gasteiger charge is -2.10. The van der Waals surface area contributed by atoms with Gasteiger partial charge in [0, 0.05) is 23.4 Å². The van der Waals surface area contributed by atoms with Gasteiger partial charge in [0.25, 0.3) is 5.56 Å². The number of carbonyl (C=O) groups excluding carboxylic acids is 1. The molecule has 1 heterocycles. The first-order valence-corrected chi connectivity index (χ1v) is 8.84. The van der Waals surface area contributed by atoms with E-state index in [2.05, 4.69) is 10.4 Å². The summed E-state index contributed by atoms with van der Waals surface area (Å²) in [7, 11) is 2.91. The van der Waals surface area contributed by atoms with E-state index >= 15 is 0 Å². The van der Waals surface area contributed by atoms with Crippen LogP contribution in [0.5, 0.6) is 11.5 Å². The molecule has 1 amide bonds. The molecule has 0 fully saturated rings. The van der Waals surface area contributed by atoms with E-state index in [1.807, 2.05) is 0 Å². The third kappa shape index (κ3) is 4.72. The van der Waals surface area contributed by atoms with Crippen molar-refractivity contribution in [2.24, 2.45) is 0 Å². The maximum absolute atomic E-state index is 14.3. The Morgan fingerprint density at radius 1 is 1.14 bits per heavy atom. The molecule has 2 aromatic carbocycles. The van der Waals surface area contributed by atoms with E-state index < -0.39 is 17.3 Å². The summed E-state index contributed by atoms with van der Waals surface area (Å²) in [5, 5.41) is 7.06. The predicted molar refractivity (Wildman–Crippen MR) is 107 cm³/mol. The molecule has 0 aliphatic rings. The molecule has 3 aromatic rings. The van der Waals surface area contributed by atoms with E-state index in [0.29, 0.717) is 22.2 Å². The van der Waals surface area contributed by atoms with Crippen LogP contribution in [0.3, 0.4) is 0 Å². The molecule has 7 nitrogen and oxygen atoms in total. The summed E-state index contributed by atoms with van der Waals surface area (Å²) in [6, 6.07) is 11.6. The summed E-state index contributed by atoms with van der Waals surface area (Å²) < 4.78 is 25.3. The number of benzene rings is 2. The molecule has 0 radical (unpaired) electrons. The number of anilines is 1. The molecular formula is C20H17ClFN3O4. The summed E-state index contributed by atoms with van der Waals surface area (Å²) in [5.74, 6) is -0.221. The fraction of sp³-hybridized carbons (Fsp3) is 0.150. The number of amides is 1. The van der Waals surface area contributed by atoms with Crippen LogP contribution in [0.25, 0.3) is 11.3 Å². The first kappa shape index (κ1) is 20.3. The number of methoxy groups -OCH3 is 2. The SMILES string of the molecule is COc1ccc(-c2ccc(=O)n(CC(=O)Nc3ccc(OC)c(Cl)c3)n2)c(F)c1. The standard InChI is InChI=1S/C20H17ClFN3O4/c1-28-13-4-5-14(16(22)10-13)17-6-8-20(27)25(24-17)11-19(26)23-12-3-7-18(29-2)15(21)9-12/h3-10H,11H2,1-2H3,(H,23,26). The number of carbonyl (C=O) groups is 1. The summed E-state index contributed by atoms with van der Waals surface area (Å²) >= 11 is 6.04. The van der Waals surface area contributed by atoms with Crippen molar-refractivity contribution in [1.82, 2.24) is 9.78 Å². The molecule has 0 aliphatic carbocycles. The molecule has 0 bridgehead atoms. The minimum absolute atomic E-state index is 0.182. The third-order valence-corrected chi connectivity index (χ3v) is 4.34. The van der Waals surface area contributed by atoms with Crippen LogP contribution in [0.2, 0.25) is 5.02 Å². The Bertz CT molecular complexity index is 1120. The predicted octanol–water partition coefficient (Wildman–Crippen LogP) is 3.36. The molecule has 0 unspecified atom stereocenters. The molecule has 150 valence electrons. The van der Waals surface area contributed by atoms with Gasteiger partial charge in [-0.3, -0.25) is 9.59 Å². The highest BCUT2D eigenvalue weighted by Crippen LogP contribution is 2.27. The normalized spacial score (nSPS) is 10.5. The summed E-state index contributed by atoms with van der Waals surface area (Å²) in [5.41, 5.74) is 0.337. The van der Waals surface area contributed by atoms with Crippen molar-refractivity contribution >= 4 is 23.2 Å². The minimum atomic E-state index is -0.556. The van der Waals surface area contributed by atoms with Crippen LogP contribution in [0.15, 0.2) is 53.3 Å². The largest absolute Gasteiger partial charge is 0.497 e. The molecule has 0 saturated heterocycles. The Morgan fingerprint density at radius 3 is 2.59 bits per heavy atom. The summed E-state index contributed by atoms with van der Waals surface area (Å²) in [6.07, 6.45) is 0. The Balaban J connectivity index is 1.80. The minimum Gasteiger partial charge on any atom is -0.497 e. The molecule has 29 heavy (non-hydrogen) atoms. The van der Waals surface area contributed by atoms with Gasteiger partial charge in [0.05, 0.1) is 24.9 Å². The summed E-state index contributed by atoms with van der Waals surface area (Å²) in [4.78, 5) is 24.4. The van der Waals surface area contributed by atoms with E-state index in [1.54, 1.807) is 18.2 Å². The Morgan fingerprint density at radius 2 is 1.93 bits per heavy atom. The second-order valence-electron chi connectivity index (χ2n) is 5.96. The number of aromatic nitrogens is 2. The maximum Gasteiger partial charge on any atom is 0.267 e. The lowest BCUT2D eigenvalue weighted by molar-refractivity contribution is -0.117. The van der Waals surface area contributed by atoms with E-state index in [4.69, 9.17) is 21.1 Å². The van der Waals surface area contributed by atoms with E-state index in [1.165, 1.54) is 44.6 Å². The average Bonchev–Trinajstić information content (AvgIpc) is 2.70. The lowest BCUT2D eigenvalue weighted by atomic mass is 10.1. The number of nitrogens with zero attached hydrogens (tertiary/aromatic N) is 2. The number of halogens is 2. The molecule has 1 N–H and O–H groups in total. The van der Waals surface area contributed by atoms with Crippen LogP contribution < -0.4 is 20.3 Å². The Hall–Kier alpha value is -3.39. The number of nitrogens with one attached hydrogen (secondary N) is 1. The number of ether oxygens (including phenoxy) is 2. The average molecular weight is 418 g/mol. The Labute approximate surface area is 170 Å². The van der Waals surface area contributed by atoms with E-state index in [9.17, 15) is 14.0 Å². The van der Waals surface area contributed by atoms with Crippen LogP contribution in [0, 0.1) is 5.82 Å². The van der Waals surface area contributed by atoms with Gasteiger partial charge in [-0.2, -0.15) is 5.10 Å². The summed E-state index contributed by atoms with van der Waals surface area (Å²) in [6.45, 7) is -0.353. The van der Waals surface area contributed by atoms with Crippen LogP contribution in [0.1, 0.15) is 0 Å². The van der Waals surface area contributed by atoms with Gasteiger partial charge in [-0.05, 0) is 36.4 Å². The second kappa shape index (κ2) is 8.74. The number of rotatable bonds is 6. The van der Waals surface area contributed by atoms with Crippen molar-refractivity contribution in [3.8, 4) is 22.8 Å². The van der Waals surface area contributed by atoms with Gasteiger partial charge in [0.1, 0.15) is 23.9 Å². The van der Waals surface area contributed by atoms with Crippen LogP contribution >= 0.6 is 11.6 Å². The van der Waals surface area contributed by atoms with Gasteiger partial charge in [-0.15, -0.1) is 0 Å². The second-order valence-corrected chi connectivity index (χ2v) is 6.36. The molecular weight excluding hydrogens is 401 g/mol. The Kier molecular flexibility index (Phi) is 6.13. The zero-order valence-electron chi connectivity index (χ0n) is 15.6. The van der Waals surface area contributed by atoms with Crippen molar-refractivity contribution in [1.29, 1.82) is 0 Å². The van der Waals surface area contributed by atoms with E-state index in [-0.39, 0.29) is 17.8 Å². The topological polar surface area (TPSA) is 82.5 Å². The van der Waals surface area contributed by atoms with Gasteiger partial charge in [-0.25, -0.2) is 9.07 Å². The van der Waals surface area contributed by atoms with Gasteiger partial charge in [0.15, 0.2) is 0 Å².